The first kappa shape index (κ1) is 17.8. The van der Waals surface area contributed by atoms with Gasteiger partial charge in [-0.05, 0) is 12.1 Å². The molecule has 130 valence electrons. The summed E-state index contributed by atoms with van der Waals surface area (Å²) in [4.78, 5) is 29.2. The van der Waals surface area contributed by atoms with E-state index in [2.05, 4.69) is 15.6 Å². The molecule has 0 unspecified atom stereocenters. The minimum atomic E-state index is -4.24. The third-order valence-electron chi connectivity index (χ3n) is 3.43. The summed E-state index contributed by atoms with van der Waals surface area (Å²) < 4.78 is 36.3. The Morgan fingerprint density at radius 1 is 1.08 bits per heavy atom. The fourth-order valence-electron chi connectivity index (χ4n) is 2.27. The van der Waals surface area contributed by atoms with Crippen molar-refractivity contribution in [1.29, 1.82) is 0 Å². The van der Waals surface area contributed by atoms with Crippen LogP contribution in [0.5, 0.6) is 0 Å². The maximum atomic E-state index is 12.1. The van der Waals surface area contributed by atoms with Crippen molar-refractivity contribution in [3.8, 4) is 0 Å². The Hall–Kier alpha value is -2.58. The van der Waals surface area contributed by atoms with Gasteiger partial charge in [0.05, 0.1) is 17.5 Å². The fourth-order valence-corrected chi connectivity index (χ4v) is 2.27. The van der Waals surface area contributed by atoms with Crippen molar-refractivity contribution in [2.75, 3.05) is 26.7 Å². The molecule has 2 amide bonds. The van der Waals surface area contributed by atoms with Gasteiger partial charge in [-0.1, -0.05) is 12.1 Å². The van der Waals surface area contributed by atoms with Crippen molar-refractivity contribution >= 4 is 17.8 Å². The van der Waals surface area contributed by atoms with Crippen LogP contribution in [-0.4, -0.2) is 55.5 Å². The third-order valence-corrected chi connectivity index (χ3v) is 3.43. The highest BCUT2D eigenvalue weighted by atomic mass is 19.4. The smallest absolute Gasteiger partial charge is 0.356 e. The molecule has 0 atom stereocenters. The van der Waals surface area contributed by atoms with Crippen LogP contribution in [0.4, 0.5) is 13.2 Å². The van der Waals surface area contributed by atoms with Crippen LogP contribution in [0, 0.1) is 0 Å². The van der Waals surface area contributed by atoms with Crippen LogP contribution in [0.2, 0.25) is 0 Å². The van der Waals surface area contributed by atoms with Crippen LogP contribution in [0.15, 0.2) is 29.3 Å². The molecule has 9 heteroatoms. The monoisotopic (exact) mass is 342 g/mol. The van der Waals surface area contributed by atoms with Gasteiger partial charge in [0, 0.05) is 26.7 Å². The summed E-state index contributed by atoms with van der Waals surface area (Å²) in [5.41, 5.74) is 0.713. The second-order valence-corrected chi connectivity index (χ2v) is 5.10. The number of carbonyl (C=O) groups excluding carboxylic acids is 2. The molecule has 1 aromatic rings. The number of hydrogen-bond acceptors (Lipinski definition) is 3. The van der Waals surface area contributed by atoms with Crippen molar-refractivity contribution in [2.45, 2.75) is 12.6 Å². The number of hydrogen-bond donors (Lipinski definition) is 2. The number of benzene rings is 1. The molecular weight excluding hydrogens is 325 g/mol. The molecular formula is C15H17F3N4O2. The highest BCUT2D eigenvalue weighted by Gasteiger charge is 2.34. The molecule has 0 spiro atoms. The lowest BCUT2D eigenvalue weighted by atomic mass is 10.1. The SMILES string of the molecule is CN=C(NCCN1C(=O)c2ccccc2C1=O)NCCC(F)(F)F. The largest absolute Gasteiger partial charge is 0.390 e. The Labute approximate surface area is 136 Å². The van der Waals surface area contributed by atoms with E-state index < -0.39 is 12.6 Å². The summed E-state index contributed by atoms with van der Waals surface area (Å²) in [6.07, 6.45) is -5.22. The van der Waals surface area contributed by atoms with Crippen LogP contribution in [0.3, 0.4) is 0 Å². The first-order valence-electron chi connectivity index (χ1n) is 7.30. The van der Waals surface area contributed by atoms with E-state index in [4.69, 9.17) is 0 Å². The topological polar surface area (TPSA) is 73.8 Å². The Morgan fingerprint density at radius 2 is 1.62 bits per heavy atom. The first-order valence-corrected chi connectivity index (χ1v) is 7.30. The summed E-state index contributed by atoms with van der Waals surface area (Å²) >= 11 is 0. The van der Waals surface area contributed by atoms with Crippen LogP contribution in [0.1, 0.15) is 27.1 Å². The lowest BCUT2D eigenvalue weighted by Crippen LogP contribution is -2.43. The number of imide groups is 1. The molecule has 1 aliphatic rings. The molecule has 1 aromatic carbocycles. The Morgan fingerprint density at radius 3 is 2.12 bits per heavy atom. The van der Waals surface area contributed by atoms with Gasteiger partial charge in [-0.25, -0.2) is 0 Å². The number of fused-ring (bicyclic) bond motifs is 1. The van der Waals surface area contributed by atoms with E-state index in [0.29, 0.717) is 11.1 Å². The van der Waals surface area contributed by atoms with E-state index in [1.807, 2.05) is 0 Å². The summed E-state index contributed by atoms with van der Waals surface area (Å²) in [6.45, 7) is -0.0420. The van der Waals surface area contributed by atoms with Gasteiger partial charge in [0.15, 0.2) is 5.96 Å². The van der Waals surface area contributed by atoms with E-state index >= 15 is 0 Å². The normalized spacial score (nSPS) is 14.8. The van der Waals surface area contributed by atoms with Crippen molar-refractivity contribution in [1.82, 2.24) is 15.5 Å². The van der Waals surface area contributed by atoms with Crippen molar-refractivity contribution < 1.29 is 22.8 Å². The van der Waals surface area contributed by atoms with Gasteiger partial charge in [0.2, 0.25) is 0 Å². The predicted octanol–water partition coefficient (Wildman–Crippen LogP) is 1.40. The molecule has 1 heterocycles. The quantitative estimate of drug-likeness (QED) is 0.482. The van der Waals surface area contributed by atoms with Crippen molar-refractivity contribution in [2.24, 2.45) is 4.99 Å². The maximum Gasteiger partial charge on any atom is 0.390 e. The molecule has 0 bridgehead atoms. The highest BCUT2D eigenvalue weighted by Crippen LogP contribution is 2.21. The summed E-state index contributed by atoms with van der Waals surface area (Å²) in [5, 5.41) is 5.30. The molecule has 0 aromatic heterocycles. The number of halogens is 3. The number of nitrogens with zero attached hydrogens (tertiary/aromatic N) is 2. The average Bonchev–Trinajstić information content (AvgIpc) is 2.77. The van der Waals surface area contributed by atoms with E-state index in [0.717, 1.165) is 4.90 Å². The number of guanidine groups is 1. The average molecular weight is 342 g/mol. The number of carbonyl (C=O) groups is 2. The number of alkyl halides is 3. The standard InChI is InChI=1S/C15H17F3N4O2/c1-19-14(20-7-6-15(16,17)18)21-8-9-22-12(23)10-4-2-3-5-11(10)13(22)24/h2-5H,6-9H2,1H3,(H2,19,20,21). The number of rotatable bonds is 5. The Kier molecular flexibility index (Phi) is 5.42. The van der Waals surface area contributed by atoms with E-state index in [-0.39, 0.29) is 37.4 Å². The molecule has 2 rings (SSSR count). The molecule has 0 fully saturated rings. The zero-order valence-corrected chi connectivity index (χ0v) is 13.0. The van der Waals surface area contributed by atoms with Gasteiger partial charge >= 0.3 is 6.18 Å². The molecule has 0 aliphatic carbocycles. The molecule has 1 aliphatic heterocycles. The predicted molar refractivity (Wildman–Crippen MR) is 81.8 cm³/mol. The summed E-state index contributed by atoms with van der Waals surface area (Å²) in [6, 6.07) is 6.53. The van der Waals surface area contributed by atoms with Gasteiger partial charge in [-0.2, -0.15) is 13.2 Å². The minimum absolute atomic E-state index is 0.0896. The van der Waals surface area contributed by atoms with Crippen LogP contribution in [-0.2, 0) is 0 Å². The maximum absolute atomic E-state index is 12.1. The number of amides is 2. The van der Waals surface area contributed by atoms with E-state index in [1.165, 1.54) is 7.05 Å². The van der Waals surface area contributed by atoms with Gasteiger partial charge in [-0.15, -0.1) is 0 Å². The summed E-state index contributed by atoms with van der Waals surface area (Å²) in [5.74, 6) is -0.578. The van der Waals surface area contributed by atoms with Crippen molar-refractivity contribution in [3.63, 3.8) is 0 Å². The molecule has 6 nitrogen and oxygen atoms in total. The van der Waals surface area contributed by atoms with E-state index in [1.54, 1.807) is 24.3 Å². The molecule has 24 heavy (non-hydrogen) atoms. The lowest BCUT2D eigenvalue weighted by Gasteiger charge is -2.16. The van der Waals surface area contributed by atoms with Gasteiger partial charge in [-0.3, -0.25) is 19.5 Å². The Bertz CT molecular complexity index is 623. The molecule has 2 N–H and O–H groups in total. The molecule has 0 saturated carbocycles. The zero-order chi connectivity index (χ0) is 17.7. The molecule has 0 saturated heterocycles. The van der Waals surface area contributed by atoms with Gasteiger partial charge in [0.1, 0.15) is 0 Å². The van der Waals surface area contributed by atoms with Gasteiger partial charge < -0.3 is 10.6 Å². The summed E-state index contributed by atoms with van der Waals surface area (Å²) in [7, 11) is 1.42. The lowest BCUT2D eigenvalue weighted by molar-refractivity contribution is -0.132. The number of nitrogens with one attached hydrogen (secondary N) is 2. The van der Waals surface area contributed by atoms with E-state index in [9.17, 15) is 22.8 Å². The fraction of sp³-hybridized carbons (Fsp3) is 0.400. The second kappa shape index (κ2) is 7.33. The third kappa shape index (κ3) is 4.24. The minimum Gasteiger partial charge on any atom is -0.356 e. The second-order valence-electron chi connectivity index (χ2n) is 5.10. The van der Waals surface area contributed by atoms with Crippen LogP contribution in [0.25, 0.3) is 0 Å². The zero-order valence-electron chi connectivity index (χ0n) is 13.0. The Balaban J connectivity index is 1.82. The van der Waals surface area contributed by atoms with Crippen molar-refractivity contribution in [3.05, 3.63) is 35.4 Å². The molecule has 0 radical (unpaired) electrons. The number of aliphatic imine (C=N–C) groups is 1. The highest BCUT2D eigenvalue weighted by molar-refractivity contribution is 6.21. The van der Waals surface area contributed by atoms with Crippen LogP contribution >= 0.6 is 0 Å². The van der Waals surface area contributed by atoms with Gasteiger partial charge in [0.25, 0.3) is 11.8 Å². The van der Waals surface area contributed by atoms with Crippen LogP contribution < -0.4 is 10.6 Å². The first-order chi connectivity index (χ1) is 11.3.